The number of carbonyl (C=O) groups is 1. The van der Waals surface area contributed by atoms with Crippen molar-refractivity contribution in [3.8, 4) is 0 Å². The Balaban J connectivity index is 1.91. The molecule has 0 radical (unpaired) electrons. The van der Waals surface area contributed by atoms with Gasteiger partial charge in [0.05, 0.1) is 30.4 Å². The summed E-state index contributed by atoms with van der Waals surface area (Å²) in [6, 6.07) is 3.96. The Bertz CT molecular complexity index is 1260. The smallest absolute Gasteiger partial charge is 0.342 e. The van der Waals surface area contributed by atoms with E-state index in [9.17, 15) is 48.3 Å². The van der Waals surface area contributed by atoms with Crippen LogP contribution in [0.2, 0.25) is 0 Å². The second-order valence-corrected chi connectivity index (χ2v) is 10.8. The van der Waals surface area contributed by atoms with Crippen LogP contribution in [0.25, 0.3) is 0 Å². The van der Waals surface area contributed by atoms with E-state index in [1.54, 1.807) is 0 Å². The third kappa shape index (κ3) is 7.43. The lowest BCUT2D eigenvalue weighted by molar-refractivity contribution is -0.143. The number of carbonyl (C=O) groups excluding carboxylic acids is 1. The number of amides is 1. The summed E-state index contributed by atoms with van der Waals surface area (Å²) in [7, 11) is -3.85. The van der Waals surface area contributed by atoms with Crippen LogP contribution in [0.4, 0.5) is 35.1 Å². The molecule has 1 amide bonds. The van der Waals surface area contributed by atoms with Crippen molar-refractivity contribution in [1.82, 2.24) is 4.90 Å². The van der Waals surface area contributed by atoms with Crippen LogP contribution in [0.15, 0.2) is 36.4 Å². The average Bonchev–Trinajstić information content (AvgIpc) is 2.78. The Kier molecular flexibility index (Phi) is 8.47. The van der Waals surface area contributed by atoms with Crippen molar-refractivity contribution in [3.05, 3.63) is 70.3 Å². The third-order valence-electron chi connectivity index (χ3n) is 6.34. The molecule has 1 heterocycles. The third-order valence-corrected chi connectivity index (χ3v) is 6.94. The molecule has 1 aliphatic rings. The number of hydrogen-bond donors (Lipinski definition) is 0. The minimum Gasteiger partial charge on any atom is -0.342 e. The summed E-state index contributed by atoms with van der Waals surface area (Å²) < 4.78 is 135. The van der Waals surface area contributed by atoms with E-state index < -0.39 is 68.5 Å². The van der Waals surface area contributed by atoms with Crippen molar-refractivity contribution in [2.75, 3.05) is 26.0 Å². The van der Waals surface area contributed by atoms with Gasteiger partial charge in [-0.05, 0) is 60.7 Å². The van der Waals surface area contributed by atoms with E-state index in [1.807, 2.05) is 0 Å². The highest BCUT2D eigenvalue weighted by Crippen LogP contribution is 2.39. The van der Waals surface area contributed by atoms with Crippen LogP contribution in [-0.4, -0.2) is 45.2 Å². The number of hydrogen-bond acceptors (Lipinski definition) is 4. The fraction of sp³-hybridized carbons (Fsp3) is 0.458. The number of alkyl halides is 6. The molecule has 38 heavy (non-hydrogen) atoms. The van der Waals surface area contributed by atoms with Crippen molar-refractivity contribution in [3.63, 3.8) is 0 Å². The summed E-state index contributed by atoms with van der Waals surface area (Å²) in [6.07, 6.45) is -9.57. The van der Waals surface area contributed by atoms with Gasteiger partial charge >= 0.3 is 12.4 Å². The van der Waals surface area contributed by atoms with Gasteiger partial charge in [0.2, 0.25) is 5.91 Å². The largest absolute Gasteiger partial charge is 0.416 e. The maximum atomic E-state index is 14.1. The highest BCUT2D eigenvalue weighted by atomic mass is 32.2. The summed E-state index contributed by atoms with van der Waals surface area (Å²) in [4.78, 5) is 14.3. The molecule has 3 rings (SSSR count). The van der Waals surface area contributed by atoms with Gasteiger partial charge < -0.3 is 4.90 Å². The number of benzene rings is 2. The van der Waals surface area contributed by atoms with Crippen LogP contribution >= 0.6 is 0 Å². The van der Waals surface area contributed by atoms with Crippen molar-refractivity contribution in [2.45, 2.75) is 43.5 Å². The van der Waals surface area contributed by atoms with E-state index in [2.05, 4.69) is 0 Å². The zero-order valence-corrected chi connectivity index (χ0v) is 20.7. The summed E-state index contributed by atoms with van der Waals surface area (Å²) in [5.41, 5.74) is -4.48. The first-order valence-corrected chi connectivity index (χ1v) is 13.1. The molecule has 2 aromatic carbocycles. The predicted molar refractivity (Wildman–Crippen MR) is 119 cm³/mol. The highest BCUT2D eigenvalue weighted by molar-refractivity contribution is 7.85. The van der Waals surface area contributed by atoms with Gasteiger partial charge in [-0.2, -0.15) is 34.8 Å². The van der Waals surface area contributed by atoms with Gasteiger partial charge in [-0.1, -0.05) is 6.07 Å². The van der Waals surface area contributed by atoms with Crippen molar-refractivity contribution in [1.29, 1.82) is 0 Å². The summed E-state index contributed by atoms with van der Waals surface area (Å²) in [6.45, 7) is -0.431. The zero-order chi connectivity index (χ0) is 28.5. The maximum absolute atomic E-state index is 14.1. The first-order valence-electron chi connectivity index (χ1n) is 11.3. The monoisotopic (exact) mass is 573 g/mol. The van der Waals surface area contributed by atoms with E-state index in [0.29, 0.717) is 25.0 Å². The first kappa shape index (κ1) is 29.8. The molecule has 1 atom stereocenters. The van der Waals surface area contributed by atoms with Crippen LogP contribution in [0.5, 0.6) is 0 Å². The van der Waals surface area contributed by atoms with Crippen LogP contribution in [0, 0.1) is 11.6 Å². The first-order chi connectivity index (χ1) is 17.4. The number of likely N-dealkylation sites (tertiary alicyclic amines) is 1. The number of piperidine rings is 1. The number of nitrogens with zero attached hydrogens (tertiary/aromatic N) is 1. The molecule has 2 aromatic rings. The summed E-state index contributed by atoms with van der Waals surface area (Å²) >= 11 is 0. The molecular weight excluding hydrogens is 550 g/mol. The molecule has 1 fully saturated rings. The number of rotatable bonds is 7. The minimum absolute atomic E-state index is 0.0369. The zero-order valence-electron chi connectivity index (χ0n) is 19.9. The lowest BCUT2D eigenvalue weighted by Crippen LogP contribution is -2.49. The van der Waals surface area contributed by atoms with E-state index in [4.69, 9.17) is 4.18 Å². The second-order valence-electron chi connectivity index (χ2n) is 9.20. The summed E-state index contributed by atoms with van der Waals surface area (Å²) in [5.74, 6) is -3.10. The molecule has 0 N–H and O–H groups in total. The van der Waals surface area contributed by atoms with E-state index in [0.717, 1.165) is 18.4 Å². The molecule has 1 saturated heterocycles. The SMILES string of the molecule is CS(=O)(=O)OCC[C@]1(c2ccc(F)c(F)c2)CCCN(C(=O)Cc2cc(C(F)(F)F)cc(C(F)(F)F)c2)C1. The fourth-order valence-electron chi connectivity index (χ4n) is 4.55. The average molecular weight is 574 g/mol. The van der Waals surface area contributed by atoms with E-state index in [-0.39, 0.29) is 37.7 Å². The highest BCUT2D eigenvalue weighted by Gasteiger charge is 2.40. The molecule has 0 spiro atoms. The van der Waals surface area contributed by atoms with E-state index in [1.165, 1.54) is 11.0 Å². The molecule has 0 unspecified atom stereocenters. The molecule has 210 valence electrons. The summed E-state index contributed by atoms with van der Waals surface area (Å²) in [5, 5.41) is 0. The van der Waals surface area contributed by atoms with Gasteiger partial charge in [0.25, 0.3) is 10.1 Å². The van der Waals surface area contributed by atoms with Crippen molar-refractivity contribution >= 4 is 16.0 Å². The Morgan fingerprint density at radius 2 is 1.58 bits per heavy atom. The molecule has 0 bridgehead atoms. The molecular formula is C24H23F8NO4S. The molecule has 0 saturated carbocycles. The minimum atomic E-state index is -5.08. The van der Waals surface area contributed by atoms with Crippen LogP contribution in [0.3, 0.4) is 0 Å². The van der Waals surface area contributed by atoms with Crippen LogP contribution in [0.1, 0.15) is 41.5 Å². The Morgan fingerprint density at radius 3 is 2.11 bits per heavy atom. The quantitative estimate of drug-likeness (QED) is 0.326. The molecule has 1 aliphatic heterocycles. The van der Waals surface area contributed by atoms with Gasteiger partial charge in [-0.15, -0.1) is 0 Å². The fourth-order valence-corrected chi connectivity index (χ4v) is 4.94. The number of halogens is 8. The molecule has 0 aliphatic carbocycles. The molecule has 5 nitrogen and oxygen atoms in total. The van der Waals surface area contributed by atoms with Gasteiger partial charge in [0.1, 0.15) is 0 Å². The topological polar surface area (TPSA) is 63.7 Å². The second kappa shape index (κ2) is 10.8. The lowest BCUT2D eigenvalue weighted by atomic mass is 9.71. The normalized spacial score (nSPS) is 19.0. The van der Waals surface area contributed by atoms with Crippen LogP contribution in [-0.2, 0) is 43.3 Å². The Hall–Kier alpha value is -2.74. The van der Waals surface area contributed by atoms with Crippen molar-refractivity contribution < 1.29 is 52.5 Å². The van der Waals surface area contributed by atoms with Gasteiger partial charge in [-0.3, -0.25) is 8.98 Å². The molecule has 14 heteroatoms. The lowest BCUT2D eigenvalue weighted by Gasteiger charge is -2.43. The molecule has 0 aromatic heterocycles. The van der Waals surface area contributed by atoms with Gasteiger partial charge in [0.15, 0.2) is 11.6 Å². The maximum Gasteiger partial charge on any atom is 0.416 e. The van der Waals surface area contributed by atoms with Crippen LogP contribution < -0.4 is 0 Å². The Morgan fingerprint density at radius 1 is 0.974 bits per heavy atom. The van der Waals surface area contributed by atoms with E-state index >= 15 is 0 Å². The standard InChI is InChI=1S/C24H23F8NO4S/c1-38(35,36)37-8-6-22(16-3-4-19(25)20(26)13-16)5-2-7-33(14-22)21(34)11-15-9-17(23(27,28)29)12-18(10-15)24(30,31)32/h3-4,9-10,12-13H,2,5-8,11,14H2,1H3/t22-/m1/s1. The Labute approximate surface area is 213 Å². The van der Waals surface area contributed by atoms with Gasteiger partial charge in [0, 0.05) is 18.5 Å². The predicted octanol–water partition coefficient (Wildman–Crippen LogP) is 5.47. The van der Waals surface area contributed by atoms with Gasteiger partial charge in [-0.25, -0.2) is 8.78 Å². The van der Waals surface area contributed by atoms with Crippen molar-refractivity contribution in [2.24, 2.45) is 0 Å².